The third kappa shape index (κ3) is 3.42. The molecule has 0 spiro atoms. The maximum atomic E-state index is 14.5. The predicted octanol–water partition coefficient (Wildman–Crippen LogP) is 4.86. The molecule has 1 heterocycles. The topological polar surface area (TPSA) is 33.6 Å². The summed E-state index contributed by atoms with van der Waals surface area (Å²) in [6.45, 7) is 4.01. The van der Waals surface area contributed by atoms with E-state index in [4.69, 9.17) is 28.6 Å². The number of nitrogens with one attached hydrogen (secondary N) is 1. The van der Waals surface area contributed by atoms with Gasteiger partial charge in [-0.3, -0.25) is 4.99 Å². The van der Waals surface area contributed by atoms with Gasteiger partial charge in [-0.1, -0.05) is 42.0 Å². The fourth-order valence-electron chi connectivity index (χ4n) is 2.51. The zero-order valence-corrected chi connectivity index (χ0v) is 14.8. The van der Waals surface area contributed by atoms with E-state index in [2.05, 4.69) is 10.3 Å². The zero-order valence-electron chi connectivity index (χ0n) is 13.3. The number of hydrogen-bond donors (Lipinski definition) is 1. The lowest BCUT2D eigenvalue weighted by atomic mass is 10.00. The summed E-state index contributed by atoms with van der Waals surface area (Å²) in [4.78, 5) is 5.09. The second kappa shape index (κ2) is 6.87. The lowest BCUT2D eigenvalue weighted by Crippen LogP contribution is -2.13. The van der Waals surface area contributed by atoms with Crippen LogP contribution in [0.15, 0.2) is 41.4 Å². The van der Waals surface area contributed by atoms with Crippen molar-refractivity contribution in [2.75, 3.05) is 11.9 Å². The molecule has 0 saturated heterocycles. The van der Waals surface area contributed by atoms with Crippen LogP contribution in [-0.2, 0) is 0 Å². The highest BCUT2D eigenvalue weighted by molar-refractivity contribution is 7.80. The summed E-state index contributed by atoms with van der Waals surface area (Å²) in [5.41, 5.74) is 2.62. The van der Waals surface area contributed by atoms with Gasteiger partial charge >= 0.3 is 0 Å². The molecule has 0 unspecified atom stereocenters. The summed E-state index contributed by atoms with van der Waals surface area (Å²) < 4.78 is 20.0. The number of rotatable bonds is 3. The molecule has 2 aromatic rings. The number of hydrogen-bond acceptors (Lipinski definition) is 3. The first-order valence-electron chi connectivity index (χ1n) is 7.55. The number of halogens is 2. The fourth-order valence-corrected chi connectivity index (χ4v) is 2.91. The molecule has 0 atom stereocenters. The Hall–Kier alpha value is -1.98. The number of aliphatic imine (C=N–C) groups is 1. The molecule has 0 bridgehead atoms. The van der Waals surface area contributed by atoms with Crippen molar-refractivity contribution in [3.05, 3.63) is 58.4 Å². The SMILES string of the molecule is CC(C)Oc1cc2c(cc1F)C(c1ccccc1Cl)=NCC(=S)N2. The predicted molar refractivity (Wildman–Crippen MR) is 100 cm³/mol. The van der Waals surface area contributed by atoms with Crippen molar-refractivity contribution in [3.63, 3.8) is 0 Å². The van der Waals surface area contributed by atoms with Crippen LogP contribution in [0.3, 0.4) is 0 Å². The summed E-state index contributed by atoms with van der Waals surface area (Å²) in [5.74, 6) is -0.267. The third-order valence-electron chi connectivity index (χ3n) is 3.47. The van der Waals surface area contributed by atoms with E-state index >= 15 is 0 Å². The highest BCUT2D eigenvalue weighted by Crippen LogP contribution is 2.32. The van der Waals surface area contributed by atoms with Crippen molar-refractivity contribution in [1.29, 1.82) is 0 Å². The third-order valence-corrected chi connectivity index (χ3v) is 4.03. The van der Waals surface area contributed by atoms with Gasteiger partial charge in [0.1, 0.15) is 4.99 Å². The molecule has 0 aliphatic carbocycles. The van der Waals surface area contributed by atoms with Crippen LogP contribution in [0.1, 0.15) is 25.0 Å². The molecule has 2 aromatic carbocycles. The van der Waals surface area contributed by atoms with Crippen LogP contribution in [0.4, 0.5) is 10.1 Å². The van der Waals surface area contributed by atoms with Crippen molar-refractivity contribution >= 4 is 40.2 Å². The monoisotopic (exact) mass is 362 g/mol. The average molecular weight is 363 g/mol. The molecule has 6 heteroatoms. The van der Waals surface area contributed by atoms with E-state index in [1.54, 1.807) is 12.1 Å². The van der Waals surface area contributed by atoms with Crippen LogP contribution in [0.25, 0.3) is 0 Å². The van der Waals surface area contributed by atoms with Gasteiger partial charge < -0.3 is 10.1 Å². The number of nitrogens with zero attached hydrogens (tertiary/aromatic N) is 1. The normalized spacial score (nSPS) is 13.9. The Kier molecular flexibility index (Phi) is 4.83. The van der Waals surface area contributed by atoms with Crippen molar-refractivity contribution in [2.45, 2.75) is 20.0 Å². The van der Waals surface area contributed by atoms with E-state index in [1.165, 1.54) is 6.07 Å². The number of fused-ring (bicyclic) bond motifs is 1. The van der Waals surface area contributed by atoms with Gasteiger partial charge in [-0.05, 0) is 26.0 Å². The minimum Gasteiger partial charge on any atom is -0.488 e. The van der Waals surface area contributed by atoms with Gasteiger partial charge in [0.2, 0.25) is 0 Å². The Morgan fingerprint density at radius 3 is 2.71 bits per heavy atom. The van der Waals surface area contributed by atoms with Gasteiger partial charge in [-0.15, -0.1) is 0 Å². The number of ether oxygens (including phenoxy) is 1. The molecule has 0 aromatic heterocycles. The quantitative estimate of drug-likeness (QED) is 0.792. The van der Waals surface area contributed by atoms with Crippen LogP contribution in [-0.4, -0.2) is 23.3 Å². The molecule has 1 aliphatic heterocycles. The molecular formula is C18H16ClFN2OS. The summed E-state index contributed by atoms with van der Waals surface area (Å²) in [6.07, 6.45) is -0.132. The Morgan fingerprint density at radius 2 is 2.00 bits per heavy atom. The van der Waals surface area contributed by atoms with Crippen molar-refractivity contribution in [2.24, 2.45) is 4.99 Å². The Morgan fingerprint density at radius 1 is 1.25 bits per heavy atom. The average Bonchev–Trinajstić information content (AvgIpc) is 2.67. The number of anilines is 1. The van der Waals surface area contributed by atoms with Gasteiger partial charge in [0, 0.05) is 22.2 Å². The number of thiocarbonyl (C=S) groups is 1. The molecule has 0 radical (unpaired) electrons. The first-order chi connectivity index (χ1) is 11.5. The molecule has 0 amide bonds. The minimum absolute atomic E-state index is 0.132. The lowest BCUT2D eigenvalue weighted by molar-refractivity contribution is 0.231. The smallest absolute Gasteiger partial charge is 0.165 e. The highest BCUT2D eigenvalue weighted by atomic mass is 35.5. The minimum atomic E-state index is -0.447. The van der Waals surface area contributed by atoms with E-state index in [9.17, 15) is 4.39 Å². The number of benzene rings is 2. The van der Waals surface area contributed by atoms with Gasteiger partial charge in [-0.2, -0.15) is 0 Å². The molecule has 0 saturated carbocycles. The van der Waals surface area contributed by atoms with Crippen LogP contribution in [0.5, 0.6) is 5.75 Å². The van der Waals surface area contributed by atoms with Gasteiger partial charge in [0.15, 0.2) is 11.6 Å². The van der Waals surface area contributed by atoms with E-state index in [0.29, 0.717) is 33.5 Å². The Balaban J connectivity index is 2.16. The molecule has 124 valence electrons. The van der Waals surface area contributed by atoms with Gasteiger partial charge in [-0.25, -0.2) is 4.39 Å². The maximum Gasteiger partial charge on any atom is 0.165 e. The van der Waals surface area contributed by atoms with Gasteiger partial charge in [0.05, 0.1) is 24.0 Å². The number of benzodiazepines with no additional fused rings is 1. The molecule has 3 rings (SSSR count). The molecule has 3 nitrogen and oxygen atoms in total. The molecule has 1 aliphatic rings. The molecular weight excluding hydrogens is 347 g/mol. The second-order valence-electron chi connectivity index (χ2n) is 5.69. The van der Waals surface area contributed by atoms with E-state index in [-0.39, 0.29) is 11.9 Å². The molecule has 24 heavy (non-hydrogen) atoms. The van der Waals surface area contributed by atoms with E-state index < -0.39 is 5.82 Å². The van der Waals surface area contributed by atoms with E-state index in [0.717, 1.165) is 5.56 Å². The highest BCUT2D eigenvalue weighted by Gasteiger charge is 2.21. The van der Waals surface area contributed by atoms with Crippen LogP contribution in [0.2, 0.25) is 5.02 Å². The van der Waals surface area contributed by atoms with Gasteiger partial charge in [0.25, 0.3) is 0 Å². The molecule has 1 N–H and O–H groups in total. The largest absolute Gasteiger partial charge is 0.488 e. The summed E-state index contributed by atoms with van der Waals surface area (Å²) in [5, 5.41) is 3.66. The van der Waals surface area contributed by atoms with Crippen molar-refractivity contribution in [1.82, 2.24) is 0 Å². The fraction of sp³-hybridized carbons (Fsp3) is 0.222. The van der Waals surface area contributed by atoms with Crippen molar-refractivity contribution in [3.8, 4) is 5.75 Å². The first kappa shape index (κ1) is 16.9. The van der Waals surface area contributed by atoms with Crippen molar-refractivity contribution < 1.29 is 9.13 Å². The van der Waals surface area contributed by atoms with Crippen LogP contribution in [0, 0.1) is 5.82 Å². The summed E-state index contributed by atoms with van der Waals surface area (Å²) >= 11 is 11.6. The zero-order chi connectivity index (χ0) is 17.3. The van der Waals surface area contributed by atoms with Crippen LogP contribution >= 0.6 is 23.8 Å². The van der Waals surface area contributed by atoms with E-state index in [1.807, 2.05) is 32.0 Å². The Labute approximate surface area is 150 Å². The summed E-state index contributed by atoms with van der Waals surface area (Å²) in [6, 6.07) is 10.4. The first-order valence-corrected chi connectivity index (χ1v) is 8.34. The standard InChI is InChI=1S/C18H16ClFN2OS/c1-10(2)23-16-8-15-12(7-14(16)20)18(21-9-17(24)22-15)11-5-3-4-6-13(11)19/h3-8,10H,9H2,1-2H3,(H,22,24). The molecule has 0 fully saturated rings. The second-order valence-corrected chi connectivity index (χ2v) is 6.59. The lowest BCUT2D eigenvalue weighted by Gasteiger charge is -2.16. The van der Waals surface area contributed by atoms with Crippen LogP contribution < -0.4 is 10.1 Å². The Bertz CT molecular complexity index is 836. The maximum absolute atomic E-state index is 14.5. The summed E-state index contributed by atoms with van der Waals surface area (Å²) in [7, 11) is 0.